The molecule has 1 aliphatic heterocycles. The van der Waals surface area contributed by atoms with Crippen molar-refractivity contribution in [3.05, 3.63) is 34.9 Å². The minimum atomic E-state index is 0.881. The topological polar surface area (TPSA) is 12.0 Å². The molecule has 1 heteroatoms. The summed E-state index contributed by atoms with van der Waals surface area (Å²) < 4.78 is 0. The van der Waals surface area contributed by atoms with Crippen LogP contribution in [0.25, 0.3) is 0 Å². The second-order valence-corrected chi connectivity index (χ2v) is 6.23. The first-order chi connectivity index (χ1) is 8.83. The fraction of sp³-hybridized carbons (Fsp3) is 0.647. The molecule has 0 aromatic heterocycles. The minimum Gasteiger partial charge on any atom is -0.316 e. The van der Waals surface area contributed by atoms with E-state index in [4.69, 9.17) is 0 Å². The minimum absolute atomic E-state index is 0.881. The summed E-state index contributed by atoms with van der Waals surface area (Å²) in [6.07, 6.45) is 7.96. The lowest BCUT2D eigenvalue weighted by Crippen LogP contribution is -2.35. The molecule has 1 fully saturated rings. The Bertz CT molecular complexity index is 410. The van der Waals surface area contributed by atoms with Gasteiger partial charge in [0.2, 0.25) is 0 Å². The maximum Gasteiger partial charge on any atom is -0.00178 e. The Kier molecular flexibility index (Phi) is 3.69. The SMILES string of the molecule is CC1CCNCC1CCc1ccc2c(c1)CCC2. The van der Waals surface area contributed by atoms with Crippen LogP contribution in [0.4, 0.5) is 0 Å². The van der Waals surface area contributed by atoms with E-state index in [1.807, 2.05) is 0 Å². The second-order valence-electron chi connectivity index (χ2n) is 6.23. The van der Waals surface area contributed by atoms with Crippen molar-refractivity contribution in [1.82, 2.24) is 5.32 Å². The molecule has 1 saturated heterocycles. The van der Waals surface area contributed by atoms with E-state index < -0.39 is 0 Å². The van der Waals surface area contributed by atoms with Gasteiger partial charge in [0.15, 0.2) is 0 Å². The smallest absolute Gasteiger partial charge is 0.00178 e. The summed E-state index contributed by atoms with van der Waals surface area (Å²) in [7, 11) is 0. The Labute approximate surface area is 111 Å². The highest BCUT2D eigenvalue weighted by atomic mass is 14.9. The molecule has 2 unspecified atom stereocenters. The average Bonchev–Trinajstić information content (AvgIpc) is 2.85. The lowest BCUT2D eigenvalue weighted by molar-refractivity contribution is 0.260. The quantitative estimate of drug-likeness (QED) is 0.858. The number of fused-ring (bicyclic) bond motifs is 1. The maximum absolute atomic E-state index is 3.54. The molecule has 0 amide bonds. The Morgan fingerprint density at radius 2 is 2.11 bits per heavy atom. The molecule has 1 aliphatic carbocycles. The zero-order chi connectivity index (χ0) is 12.4. The largest absolute Gasteiger partial charge is 0.316 e. The van der Waals surface area contributed by atoms with Crippen LogP contribution in [-0.2, 0) is 19.3 Å². The van der Waals surface area contributed by atoms with Gasteiger partial charge in [-0.15, -0.1) is 0 Å². The van der Waals surface area contributed by atoms with Crippen molar-refractivity contribution in [1.29, 1.82) is 0 Å². The summed E-state index contributed by atoms with van der Waals surface area (Å²) in [4.78, 5) is 0. The van der Waals surface area contributed by atoms with E-state index in [2.05, 4.69) is 30.4 Å². The summed E-state index contributed by atoms with van der Waals surface area (Å²) in [5.41, 5.74) is 4.79. The molecule has 1 heterocycles. The molecule has 18 heavy (non-hydrogen) atoms. The average molecular weight is 243 g/mol. The molecule has 0 radical (unpaired) electrons. The number of hydrogen-bond acceptors (Lipinski definition) is 1. The summed E-state index contributed by atoms with van der Waals surface area (Å²) in [5, 5.41) is 3.54. The van der Waals surface area contributed by atoms with Crippen molar-refractivity contribution in [2.45, 2.75) is 45.4 Å². The predicted molar refractivity (Wildman–Crippen MR) is 76.9 cm³/mol. The third-order valence-electron chi connectivity index (χ3n) is 4.95. The van der Waals surface area contributed by atoms with Crippen molar-refractivity contribution < 1.29 is 0 Å². The van der Waals surface area contributed by atoms with Gasteiger partial charge < -0.3 is 5.32 Å². The lowest BCUT2D eigenvalue weighted by Gasteiger charge is -2.29. The third-order valence-corrected chi connectivity index (χ3v) is 4.95. The van der Waals surface area contributed by atoms with Gasteiger partial charge in [-0.3, -0.25) is 0 Å². The van der Waals surface area contributed by atoms with Crippen LogP contribution in [0, 0.1) is 11.8 Å². The van der Waals surface area contributed by atoms with Gasteiger partial charge in [0, 0.05) is 0 Å². The van der Waals surface area contributed by atoms with Crippen molar-refractivity contribution in [3.63, 3.8) is 0 Å². The van der Waals surface area contributed by atoms with Crippen LogP contribution in [0.3, 0.4) is 0 Å². The zero-order valence-electron chi connectivity index (χ0n) is 11.5. The molecule has 2 aliphatic rings. The highest BCUT2D eigenvalue weighted by molar-refractivity contribution is 5.35. The van der Waals surface area contributed by atoms with Crippen molar-refractivity contribution >= 4 is 0 Å². The molecule has 0 spiro atoms. The molecule has 3 rings (SSSR count). The van der Waals surface area contributed by atoms with E-state index in [0.717, 1.165) is 11.8 Å². The van der Waals surface area contributed by atoms with Crippen LogP contribution < -0.4 is 5.32 Å². The van der Waals surface area contributed by atoms with Crippen LogP contribution in [0.5, 0.6) is 0 Å². The first kappa shape index (κ1) is 12.2. The fourth-order valence-electron chi connectivity index (χ4n) is 3.57. The number of aryl methyl sites for hydroxylation is 3. The van der Waals surface area contributed by atoms with Gasteiger partial charge in [-0.25, -0.2) is 0 Å². The van der Waals surface area contributed by atoms with Gasteiger partial charge in [-0.1, -0.05) is 25.1 Å². The maximum atomic E-state index is 3.54. The van der Waals surface area contributed by atoms with Gasteiger partial charge in [0.1, 0.15) is 0 Å². The lowest BCUT2D eigenvalue weighted by atomic mass is 9.84. The van der Waals surface area contributed by atoms with Crippen molar-refractivity contribution in [2.24, 2.45) is 11.8 Å². The predicted octanol–water partition coefficient (Wildman–Crippen LogP) is 3.35. The third kappa shape index (κ3) is 2.61. The molecule has 1 aromatic carbocycles. The molecular formula is C17H25N. The normalized spacial score (nSPS) is 27.2. The monoisotopic (exact) mass is 243 g/mol. The zero-order valence-corrected chi connectivity index (χ0v) is 11.5. The summed E-state index contributed by atoms with van der Waals surface area (Å²) in [6.45, 7) is 4.87. The van der Waals surface area contributed by atoms with Gasteiger partial charge in [-0.2, -0.15) is 0 Å². The number of hydrogen-bond donors (Lipinski definition) is 1. The Balaban J connectivity index is 1.59. The first-order valence-corrected chi connectivity index (χ1v) is 7.64. The van der Waals surface area contributed by atoms with Crippen molar-refractivity contribution in [2.75, 3.05) is 13.1 Å². The van der Waals surface area contributed by atoms with Gasteiger partial charge in [0.05, 0.1) is 0 Å². The summed E-state index contributed by atoms with van der Waals surface area (Å²) in [6, 6.07) is 7.22. The second kappa shape index (κ2) is 5.44. The molecule has 0 bridgehead atoms. The number of nitrogens with one attached hydrogen (secondary N) is 1. The van der Waals surface area contributed by atoms with E-state index >= 15 is 0 Å². The Hall–Kier alpha value is -0.820. The van der Waals surface area contributed by atoms with Crippen LogP contribution in [0.2, 0.25) is 0 Å². The number of piperidine rings is 1. The van der Waals surface area contributed by atoms with E-state index in [1.54, 1.807) is 16.7 Å². The highest BCUT2D eigenvalue weighted by Gasteiger charge is 2.20. The number of rotatable bonds is 3. The molecule has 1 aromatic rings. The van der Waals surface area contributed by atoms with Crippen LogP contribution in [0.15, 0.2) is 18.2 Å². The molecule has 2 atom stereocenters. The van der Waals surface area contributed by atoms with Crippen LogP contribution in [-0.4, -0.2) is 13.1 Å². The van der Waals surface area contributed by atoms with E-state index in [1.165, 1.54) is 51.6 Å². The standard InChI is InChI=1S/C17H25N/c1-13-9-10-18-12-17(13)8-6-14-5-7-15-3-2-4-16(15)11-14/h5,7,11,13,17-18H,2-4,6,8-10,12H2,1H3. The Morgan fingerprint density at radius 3 is 3.00 bits per heavy atom. The Morgan fingerprint density at radius 1 is 1.22 bits per heavy atom. The first-order valence-electron chi connectivity index (χ1n) is 7.64. The fourth-order valence-corrected chi connectivity index (χ4v) is 3.57. The van der Waals surface area contributed by atoms with Crippen molar-refractivity contribution in [3.8, 4) is 0 Å². The van der Waals surface area contributed by atoms with Crippen LogP contribution in [0.1, 0.15) is 42.9 Å². The van der Waals surface area contributed by atoms with Gasteiger partial charge in [-0.05, 0) is 80.1 Å². The highest BCUT2D eigenvalue weighted by Crippen LogP contribution is 2.26. The molecular weight excluding hydrogens is 218 g/mol. The van der Waals surface area contributed by atoms with E-state index in [9.17, 15) is 0 Å². The van der Waals surface area contributed by atoms with Gasteiger partial charge in [0.25, 0.3) is 0 Å². The van der Waals surface area contributed by atoms with E-state index in [0.29, 0.717) is 0 Å². The van der Waals surface area contributed by atoms with E-state index in [-0.39, 0.29) is 0 Å². The molecule has 1 N–H and O–H groups in total. The summed E-state index contributed by atoms with van der Waals surface area (Å²) >= 11 is 0. The van der Waals surface area contributed by atoms with Gasteiger partial charge >= 0.3 is 0 Å². The molecule has 98 valence electrons. The van der Waals surface area contributed by atoms with Crippen LogP contribution >= 0.6 is 0 Å². The number of benzene rings is 1. The summed E-state index contributed by atoms with van der Waals surface area (Å²) in [5.74, 6) is 1.78. The molecule has 0 saturated carbocycles. The molecule has 1 nitrogen and oxygen atoms in total.